The number of nitrogens with zero attached hydrogens (tertiary/aromatic N) is 6. The highest BCUT2D eigenvalue weighted by molar-refractivity contribution is 6.00. The summed E-state index contributed by atoms with van der Waals surface area (Å²) < 4.78 is 30.9. The van der Waals surface area contributed by atoms with Crippen LogP contribution in [0.15, 0.2) is 36.8 Å². The number of nitrogens with one attached hydrogen (secondary N) is 1. The molecule has 1 saturated carbocycles. The number of hydrogen-bond donors (Lipinski definition) is 1. The van der Waals surface area contributed by atoms with Crippen molar-refractivity contribution in [1.29, 1.82) is 0 Å². The number of aromatic nitrogens is 5. The Bertz CT molecular complexity index is 1480. The Labute approximate surface area is 195 Å². The van der Waals surface area contributed by atoms with Gasteiger partial charge in [0.25, 0.3) is 0 Å². The summed E-state index contributed by atoms with van der Waals surface area (Å²) in [6.07, 6.45) is 5.71. The van der Waals surface area contributed by atoms with Crippen LogP contribution in [0.5, 0.6) is 0 Å². The molecular weight excluding hydrogens is 418 g/mol. The molecule has 1 N–H and O–H groups in total. The number of fused-ring (bicyclic) bond motifs is 2. The van der Waals surface area contributed by atoms with E-state index in [1.54, 1.807) is 10.6 Å². The van der Waals surface area contributed by atoms with Gasteiger partial charge in [-0.3, -0.25) is 9.78 Å². The van der Waals surface area contributed by atoms with Crippen molar-refractivity contribution >= 4 is 33.8 Å². The number of ether oxygens (including phenoxy) is 1. The number of carbonyl (C=O) groups is 1. The maximum absolute atomic E-state index is 12.5. The predicted octanol–water partition coefficient (Wildman–Crippen LogP) is 3.08. The molecule has 0 spiro atoms. The van der Waals surface area contributed by atoms with Crippen LogP contribution in [0, 0.1) is 18.7 Å². The third kappa shape index (κ3) is 3.68. The summed E-state index contributed by atoms with van der Waals surface area (Å²) >= 11 is 0. The second kappa shape index (κ2) is 7.77. The minimum absolute atomic E-state index is 0.0156. The van der Waals surface area contributed by atoms with E-state index in [1.807, 2.05) is 25.3 Å². The molecule has 0 unspecified atom stereocenters. The van der Waals surface area contributed by atoms with E-state index in [2.05, 4.69) is 30.3 Å². The van der Waals surface area contributed by atoms with E-state index in [0.29, 0.717) is 52.8 Å². The van der Waals surface area contributed by atoms with Gasteiger partial charge in [0.15, 0.2) is 11.5 Å². The lowest BCUT2D eigenvalue weighted by atomic mass is 10.1. The zero-order valence-corrected chi connectivity index (χ0v) is 18.2. The van der Waals surface area contributed by atoms with Gasteiger partial charge in [-0.1, -0.05) is 6.92 Å². The Balaban J connectivity index is 1.43. The number of amides is 1. The van der Waals surface area contributed by atoms with Crippen LogP contribution in [0.3, 0.4) is 0 Å². The zero-order chi connectivity index (χ0) is 25.0. The van der Waals surface area contributed by atoms with Crippen molar-refractivity contribution in [2.24, 2.45) is 11.8 Å². The van der Waals surface area contributed by atoms with E-state index in [4.69, 9.17) is 8.85 Å². The second-order valence-corrected chi connectivity index (χ2v) is 8.67. The number of pyridine rings is 3. The number of rotatable bonds is 4. The van der Waals surface area contributed by atoms with Crippen LogP contribution >= 0.6 is 0 Å². The highest BCUT2D eigenvalue weighted by Gasteiger charge is 2.39. The molecule has 0 bridgehead atoms. The molecule has 5 heterocycles. The molecule has 2 atom stereocenters. The number of hydrogen-bond acceptors (Lipinski definition) is 7. The Morgan fingerprint density at radius 3 is 2.85 bits per heavy atom. The Hall–Kier alpha value is -3.59. The molecule has 0 radical (unpaired) electrons. The first kappa shape index (κ1) is 17.0. The van der Waals surface area contributed by atoms with Gasteiger partial charge in [-0.15, -0.1) is 5.10 Å². The first-order valence-corrected chi connectivity index (χ1v) is 11.1. The molecule has 2 fully saturated rings. The quantitative estimate of drug-likeness (QED) is 0.514. The van der Waals surface area contributed by atoms with Crippen molar-refractivity contribution in [3.8, 4) is 11.4 Å². The van der Waals surface area contributed by atoms with Crippen molar-refractivity contribution < 1.29 is 13.6 Å². The van der Waals surface area contributed by atoms with E-state index in [-0.39, 0.29) is 17.5 Å². The minimum Gasteiger partial charge on any atom is -0.378 e. The summed E-state index contributed by atoms with van der Waals surface area (Å²) in [4.78, 5) is 28.0. The van der Waals surface area contributed by atoms with E-state index >= 15 is 0 Å². The van der Waals surface area contributed by atoms with Gasteiger partial charge in [0.2, 0.25) is 5.91 Å². The number of carbonyl (C=O) groups excluding carboxylic acids is 1. The van der Waals surface area contributed by atoms with Crippen LogP contribution < -0.4 is 10.2 Å². The van der Waals surface area contributed by atoms with Crippen LogP contribution in [0.2, 0.25) is 0 Å². The molecule has 1 aliphatic heterocycles. The van der Waals surface area contributed by atoms with Gasteiger partial charge in [0.05, 0.1) is 25.1 Å². The molecular formula is C24H25N7O2. The molecule has 1 saturated heterocycles. The summed E-state index contributed by atoms with van der Waals surface area (Å²) in [5, 5.41) is 8.48. The number of morpholine rings is 1. The number of anilines is 2. The summed E-state index contributed by atoms with van der Waals surface area (Å²) in [6, 6.07) is 5.58. The van der Waals surface area contributed by atoms with E-state index < -0.39 is 6.85 Å². The van der Waals surface area contributed by atoms with Crippen molar-refractivity contribution in [2.45, 2.75) is 20.2 Å². The van der Waals surface area contributed by atoms with Gasteiger partial charge in [0.1, 0.15) is 5.82 Å². The SMILES string of the molecule is [2H]C([2H])([2H])c1ncc(-c2nc3ccc(N4CCOCC4)cn3n2)c2cc(NC(=O)[C@H]3C[C@H]3C)ncc12. The van der Waals surface area contributed by atoms with E-state index in [0.717, 1.165) is 25.2 Å². The van der Waals surface area contributed by atoms with Crippen LogP contribution in [-0.2, 0) is 9.53 Å². The highest BCUT2D eigenvalue weighted by atomic mass is 16.5. The van der Waals surface area contributed by atoms with E-state index in [9.17, 15) is 4.79 Å². The Morgan fingerprint density at radius 1 is 1.21 bits per heavy atom. The fourth-order valence-corrected chi connectivity index (χ4v) is 4.28. The first-order chi connectivity index (χ1) is 17.3. The molecule has 9 nitrogen and oxygen atoms in total. The fourth-order valence-electron chi connectivity index (χ4n) is 4.28. The van der Waals surface area contributed by atoms with Crippen LogP contribution in [0.4, 0.5) is 11.5 Å². The van der Waals surface area contributed by atoms with Crippen molar-refractivity contribution in [2.75, 3.05) is 36.5 Å². The third-order valence-electron chi connectivity index (χ3n) is 6.40. The molecule has 2 aliphatic rings. The molecule has 9 heteroatoms. The van der Waals surface area contributed by atoms with Crippen molar-refractivity contribution in [1.82, 2.24) is 24.6 Å². The number of aryl methyl sites for hydroxylation is 1. The van der Waals surface area contributed by atoms with Gasteiger partial charge in [-0.2, -0.15) is 0 Å². The summed E-state index contributed by atoms with van der Waals surface area (Å²) in [5.41, 5.74) is 2.18. The summed E-state index contributed by atoms with van der Waals surface area (Å²) in [6.45, 7) is 2.58. The van der Waals surface area contributed by atoms with Gasteiger partial charge < -0.3 is 15.0 Å². The minimum atomic E-state index is -2.42. The van der Waals surface area contributed by atoms with E-state index in [1.165, 1.54) is 12.4 Å². The van der Waals surface area contributed by atoms with Crippen LogP contribution in [-0.4, -0.2) is 56.8 Å². The summed E-state index contributed by atoms with van der Waals surface area (Å²) in [5.74, 6) is 1.02. The van der Waals surface area contributed by atoms with Gasteiger partial charge in [-0.05, 0) is 37.4 Å². The Kier molecular flexibility index (Phi) is 3.99. The molecule has 168 valence electrons. The standard InChI is InChI=1S/C24H25N7O2/c1-14-9-17(14)24(32)27-21-10-18-19(11-26-21)15(2)25-12-20(18)23-28-22-4-3-16(13-31(22)29-23)30-5-7-33-8-6-30/h3-4,10-14,17H,5-9H2,1-2H3,(H,26,27,32)/t14-,17+/m1/s1/i2D3. The van der Waals surface area contributed by atoms with Crippen molar-refractivity contribution in [3.05, 3.63) is 42.5 Å². The highest BCUT2D eigenvalue weighted by Crippen LogP contribution is 2.38. The fraction of sp³-hybridized carbons (Fsp3) is 0.375. The molecule has 6 rings (SSSR count). The van der Waals surface area contributed by atoms with Gasteiger partial charge in [-0.25, -0.2) is 14.5 Å². The molecule has 1 aliphatic carbocycles. The zero-order valence-electron chi connectivity index (χ0n) is 21.2. The average molecular weight is 447 g/mol. The van der Waals surface area contributed by atoms with Gasteiger partial charge in [0, 0.05) is 57.5 Å². The van der Waals surface area contributed by atoms with Crippen LogP contribution in [0.1, 0.15) is 23.2 Å². The largest absolute Gasteiger partial charge is 0.378 e. The molecule has 0 aromatic carbocycles. The maximum Gasteiger partial charge on any atom is 0.228 e. The monoisotopic (exact) mass is 446 g/mol. The second-order valence-electron chi connectivity index (χ2n) is 8.67. The van der Waals surface area contributed by atoms with Crippen LogP contribution in [0.25, 0.3) is 27.8 Å². The molecule has 33 heavy (non-hydrogen) atoms. The van der Waals surface area contributed by atoms with Gasteiger partial charge >= 0.3 is 0 Å². The lowest BCUT2D eigenvalue weighted by Gasteiger charge is -2.28. The molecule has 4 aromatic rings. The third-order valence-corrected chi connectivity index (χ3v) is 6.40. The molecule has 4 aromatic heterocycles. The molecule has 1 amide bonds. The lowest BCUT2D eigenvalue weighted by Crippen LogP contribution is -2.36. The topological polar surface area (TPSA) is 97.5 Å². The maximum atomic E-state index is 12.5. The smallest absolute Gasteiger partial charge is 0.228 e. The first-order valence-electron chi connectivity index (χ1n) is 12.6. The average Bonchev–Trinajstić information content (AvgIpc) is 3.45. The normalized spacial score (nSPS) is 22.1. The lowest BCUT2D eigenvalue weighted by molar-refractivity contribution is -0.117. The summed E-state index contributed by atoms with van der Waals surface area (Å²) in [7, 11) is 0. The van der Waals surface area contributed by atoms with Crippen molar-refractivity contribution in [3.63, 3.8) is 0 Å². The predicted molar refractivity (Wildman–Crippen MR) is 125 cm³/mol. The Morgan fingerprint density at radius 2 is 2.06 bits per heavy atom.